The van der Waals surface area contributed by atoms with Crippen LogP contribution in [0.1, 0.15) is 26.3 Å². The molecule has 3 aromatic carbocycles. The van der Waals surface area contributed by atoms with Crippen LogP contribution < -0.4 is 0 Å². The van der Waals surface area contributed by atoms with E-state index in [2.05, 4.69) is 6.58 Å². The first-order valence-electron chi connectivity index (χ1n) is 7.59. The minimum atomic E-state index is -0.466. The molecule has 0 saturated heterocycles. The summed E-state index contributed by atoms with van der Waals surface area (Å²) in [5, 5.41) is 0. The topological polar surface area (TPSA) is 34.1 Å². The molecule has 2 heteroatoms. The van der Waals surface area contributed by atoms with Crippen molar-refractivity contribution in [3.8, 4) is 0 Å². The van der Waals surface area contributed by atoms with E-state index in [1.807, 2.05) is 48.5 Å². The summed E-state index contributed by atoms with van der Waals surface area (Å²) >= 11 is 0. The molecule has 0 amide bonds. The quantitative estimate of drug-likeness (QED) is 0.497. The molecule has 0 spiro atoms. The second-order valence-corrected chi connectivity index (χ2v) is 5.01. The van der Waals surface area contributed by atoms with Crippen molar-refractivity contribution in [3.05, 3.63) is 114 Å². The first-order chi connectivity index (χ1) is 11.7. The third-order valence-corrected chi connectivity index (χ3v) is 3.31. The third kappa shape index (κ3) is 4.89. The first-order valence-corrected chi connectivity index (χ1v) is 7.59. The molecule has 0 atom stereocenters. The maximum Gasteiger partial charge on any atom is 0.233 e. The summed E-state index contributed by atoms with van der Waals surface area (Å²) in [6.07, 6.45) is 1.83. The van der Waals surface area contributed by atoms with Crippen molar-refractivity contribution in [2.24, 2.45) is 0 Å². The van der Waals surface area contributed by atoms with Crippen LogP contribution in [-0.4, -0.2) is 11.6 Å². The molecule has 3 aromatic rings. The molecule has 118 valence electrons. The summed E-state index contributed by atoms with van der Waals surface area (Å²) in [6.45, 7) is 3.63. The highest BCUT2D eigenvalue weighted by Crippen LogP contribution is 2.07. The van der Waals surface area contributed by atoms with Gasteiger partial charge in [0.15, 0.2) is 0 Å². The van der Waals surface area contributed by atoms with Crippen LogP contribution >= 0.6 is 0 Å². The fraction of sp³-hybridized carbons (Fsp3) is 0. The number of Topliss-reactive ketones (excluding diaryl/α,β-unsaturated/α-hetero) is 2. The van der Waals surface area contributed by atoms with Crippen molar-refractivity contribution < 1.29 is 9.59 Å². The Labute approximate surface area is 142 Å². The number of carbonyl (C=O) groups is 2. The molecular weight excluding hydrogens is 296 g/mol. The summed E-state index contributed by atoms with van der Waals surface area (Å²) < 4.78 is 0. The van der Waals surface area contributed by atoms with Crippen LogP contribution in [0.3, 0.4) is 0 Å². The summed E-state index contributed by atoms with van der Waals surface area (Å²) in [5.41, 5.74) is 2.03. The minimum Gasteiger partial charge on any atom is -0.285 e. The molecule has 0 unspecified atom stereocenters. The van der Waals surface area contributed by atoms with Gasteiger partial charge >= 0.3 is 0 Å². The predicted octanol–water partition coefficient (Wildman–Crippen LogP) is 5.08. The van der Waals surface area contributed by atoms with Crippen LogP contribution in [0.15, 0.2) is 97.6 Å². The van der Waals surface area contributed by atoms with Gasteiger partial charge in [0.25, 0.3) is 0 Å². The van der Waals surface area contributed by atoms with Crippen LogP contribution in [0.4, 0.5) is 0 Å². The number of hydrogen-bond acceptors (Lipinski definition) is 2. The Morgan fingerprint density at radius 2 is 0.917 bits per heavy atom. The van der Waals surface area contributed by atoms with Crippen LogP contribution in [0.5, 0.6) is 0 Å². The Bertz CT molecular complexity index is 742. The number of rotatable bonds is 4. The van der Waals surface area contributed by atoms with Gasteiger partial charge in [0.2, 0.25) is 11.6 Å². The van der Waals surface area contributed by atoms with E-state index >= 15 is 0 Å². The number of benzene rings is 3. The van der Waals surface area contributed by atoms with E-state index in [0.717, 1.165) is 0 Å². The zero-order valence-corrected chi connectivity index (χ0v) is 13.3. The van der Waals surface area contributed by atoms with Gasteiger partial charge in [-0.3, -0.25) is 9.59 Å². The maximum atomic E-state index is 11.8. The van der Waals surface area contributed by atoms with Crippen molar-refractivity contribution in [3.63, 3.8) is 0 Å². The highest BCUT2D eigenvalue weighted by molar-refractivity contribution is 6.49. The maximum absolute atomic E-state index is 11.8. The zero-order valence-electron chi connectivity index (χ0n) is 13.3. The predicted molar refractivity (Wildman–Crippen MR) is 98.1 cm³/mol. The SMILES string of the molecule is C=Cc1ccccc1.O=C(C(=O)c1ccccc1)c1ccccc1. The van der Waals surface area contributed by atoms with E-state index in [1.165, 1.54) is 5.56 Å². The van der Waals surface area contributed by atoms with Crippen LogP contribution in [0.25, 0.3) is 6.08 Å². The molecule has 0 bridgehead atoms. The highest BCUT2D eigenvalue weighted by atomic mass is 16.2. The summed E-state index contributed by atoms with van der Waals surface area (Å²) in [7, 11) is 0. The molecule has 3 rings (SSSR count). The van der Waals surface area contributed by atoms with Gasteiger partial charge in [0, 0.05) is 11.1 Å². The Morgan fingerprint density at radius 3 is 1.21 bits per heavy atom. The molecular formula is C22H18O2. The lowest BCUT2D eigenvalue weighted by atomic mass is 10.0. The van der Waals surface area contributed by atoms with E-state index in [4.69, 9.17) is 0 Å². The fourth-order valence-electron chi connectivity index (χ4n) is 2.03. The smallest absolute Gasteiger partial charge is 0.233 e. The van der Waals surface area contributed by atoms with E-state index < -0.39 is 11.6 Å². The minimum absolute atomic E-state index is 0.427. The summed E-state index contributed by atoms with van der Waals surface area (Å²) in [6, 6.07) is 27.2. The second kappa shape index (κ2) is 9.01. The summed E-state index contributed by atoms with van der Waals surface area (Å²) in [5.74, 6) is -0.932. The second-order valence-electron chi connectivity index (χ2n) is 5.01. The Hall–Kier alpha value is -3.26. The molecule has 0 aliphatic carbocycles. The van der Waals surface area contributed by atoms with Gasteiger partial charge in [-0.05, 0) is 5.56 Å². The average Bonchev–Trinajstić information content (AvgIpc) is 2.69. The Balaban J connectivity index is 0.000000219. The fourth-order valence-corrected chi connectivity index (χ4v) is 2.03. The first kappa shape index (κ1) is 17.1. The molecule has 0 heterocycles. The van der Waals surface area contributed by atoms with Gasteiger partial charge in [0.1, 0.15) is 0 Å². The summed E-state index contributed by atoms with van der Waals surface area (Å²) in [4.78, 5) is 23.6. The number of ketones is 2. The highest BCUT2D eigenvalue weighted by Gasteiger charge is 2.16. The molecule has 0 N–H and O–H groups in total. The van der Waals surface area contributed by atoms with Crippen LogP contribution in [0, 0.1) is 0 Å². The molecule has 0 aliphatic rings. The lowest BCUT2D eigenvalue weighted by Gasteiger charge is -1.99. The molecule has 0 aliphatic heterocycles. The molecule has 24 heavy (non-hydrogen) atoms. The van der Waals surface area contributed by atoms with E-state index in [-0.39, 0.29) is 0 Å². The molecule has 0 fully saturated rings. The van der Waals surface area contributed by atoms with Gasteiger partial charge in [-0.15, -0.1) is 0 Å². The Kier molecular flexibility index (Phi) is 6.42. The lowest BCUT2D eigenvalue weighted by molar-refractivity contribution is 0.0817. The number of hydrogen-bond donors (Lipinski definition) is 0. The van der Waals surface area contributed by atoms with Crippen molar-refractivity contribution >= 4 is 17.6 Å². The lowest BCUT2D eigenvalue weighted by Crippen LogP contribution is -2.14. The van der Waals surface area contributed by atoms with E-state index in [9.17, 15) is 9.59 Å². The largest absolute Gasteiger partial charge is 0.285 e. The molecule has 2 nitrogen and oxygen atoms in total. The third-order valence-electron chi connectivity index (χ3n) is 3.31. The molecule has 0 radical (unpaired) electrons. The van der Waals surface area contributed by atoms with Crippen LogP contribution in [-0.2, 0) is 0 Å². The van der Waals surface area contributed by atoms with Crippen molar-refractivity contribution in [1.82, 2.24) is 0 Å². The monoisotopic (exact) mass is 314 g/mol. The van der Waals surface area contributed by atoms with Gasteiger partial charge in [-0.2, -0.15) is 0 Å². The van der Waals surface area contributed by atoms with Gasteiger partial charge < -0.3 is 0 Å². The Morgan fingerprint density at radius 1 is 0.583 bits per heavy atom. The van der Waals surface area contributed by atoms with E-state index in [1.54, 1.807) is 48.5 Å². The zero-order chi connectivity index (χ0) is 17.2. The van der Waals surface area contributed by atoms with Crippen molar-refractivity contribution in [1.29, 1.82) is 0 Å². The van der Waals surface area contributed by atoms with Gasteiger partial charge in [-0.1, -0.05) is 104 Å². The van der Waals surface area contributed by atoms with Gasteiger partial charge in [-0.25, -0.2) is 0 Å². The molecule has 0 aromatic heterocycles. The van der Waals surface area contributed by atoms with E-state index in [0.29, 0.717) is 11.1 Å². The number of carbonyl (C=O) groups excluding carboxylic acids is 2. The van der Waals surface area contributed by atoms with Gasteiger partial charge in [0.05, 0.1) is 0 Å². The van der Waals surface area contributed by atoms with Crippen molar-refractivity contribution in [2.75, 3.05) is 0 Å². The van der Waals surface area contributed by atoms with Crippen LogP contribution in [0.2, 0.25) is 0 Å². The average molecular weight is 314 g/mol. The van der Waals surface area contributed by atoms with Crippen molar-refractivity contribution in [2.45, 2.75) is 0 Å². The standard InChI is InChI=1S/C14H10O2.C8H8/c15-13(11-7-3-1-4-8-11)14(16)12-9-5-2-6-10-12;1-2-8-6-4-3-5-7-8/h1-10H;2-7H,1H2. The normalized spacial score (nSPS) is 9.33. The molecule has 0 saturated carbocycles.